The fourth-order valence-corrected chi connectivity index (χ4v) is 3.58. The molecule has 1 saturated heterocycles. The van der Waals surface area contributed by atoms with Crippen molar-refractivity contribution in [1.82, 2.24) is 10.2 Å². The molecule has 2 amide bonds. The lowest BCUT2D eigenvalue weighted by molar-refractivity contribution is -0.131. The average Bonchev–Trinajstić information content (AvgIpc) is 3.20. The van der Waals surface area contributed by atoms with E-state index in [1.54, 1.807) is 23.1 Å². The lowest BCUT2D eigenvalue weighted by atomic mass is 9.87. The minimum absolute atomic E-state index is 0.0194. The summed E-state index contributed by atoms with van der Waals surface area (Å²) in [6, 6.07) is 11.4. The van der Waals surface area contributed by atoms with E-state index in [-0.39, 0.29) is 22.9 Å². The maximum absolute atomic E-state index is 13.0. The van der Waals surface area contributed by atoms with Crippen molar-refractivity contribution < 1.29 is 14.3 Å². The summed E-state index contributed by atoms with van der Waals surface area (Å²) in [5.74, 6) is -0.471. The number of hydrogen-bond donors (Lipinski definition) is 1. The van der Waals surface area contributed by atoms with Gasteiger partial charge in [0, 0.05) is 23.5 Å². The number of ether oxygens (including phenoxy) is 1. The van der Waals surface area contributed by atoms with Crippen molar-refractivity contribution in [2.24, 2.45) is 0 Å². The first-order chi connectivity index (χ1) is 13.3. The van der Waals surface area contributed by atoms with Crippen molar-refractivity contribution in [2.45, 2.75) is 26.2 Å². The van der Waals surface area contributed by atoms with E-state index in [1.165, 1.54) is 11.3 Å². The lowest BCUT2D eigenvalue weighted by Crippen LogP contribution is -2.44. The van der Waals surface area contributed by atoms with Crippen LogP contribution in [0.15, 0.2) is 47.5 Å². The third-order valence-electron chi connectivity index (χ3n) is 4.62. The van der Waals surface area contributed by atoms with E-state index in [4.69, 9.17) is 4.74 Å². The van der Waals surface area contributed by atoms with E-state index in [0.29, 0.717) is 31.9 Å². The van der Waals surface area contributed by atoms with Gasteiger partial charge in [0.15, 0.2) is 0 Å². The standard InChI is InChI=1S/C22H26N2O3S/c1-22(2,3)17-8-6-16(7-9-17)20(25)23-19(15-18-5-4-14-28-18)21(26)24-10-12-27-13-11-24/h4-9,14-15H,10-13H2,1-3H3,(H,23,25)/b19-15+. The monoisotopic (exact) mass is 398 g/mol. The van der Waals surface area contributed by atoms with Gasteiger partial charge >= 0.3 is 0 Å². The Morgan fingerprint density at radius 1 is 1.11 bits per heavy atom. The second-order valence-electron chi connectivity index (χ2n) is 7.76. The largest absolute Gasteiger partial charge is 0.378 e. The van der Waals surface area contributed by atoms with Gasteiger partial charge < -0.3 is 15.0 Å². The van der Waals surface area contributed by atoms with Gasteiger partial charge in [-0.15, -0.1) is 11.3 Å². The first-order valence-corrected chi connectivity index (χ1v) is 10.3. The van der Waals surface area contributed by atoms with E-state index in [9.17, 15) is 9.59 Å². The van der Waals surface area contributed by atoms with Crippen molar-refractivity contribution in [1.29, 1.82) is 0 Å². The third kappa shape index (κ3) is 5.09. The fraction of sp³-hybridized carbons (Fsp3) is 0.364. The Labute approximate surface area is 170 Å². The number of nitrogens with zero attached hydrogens (tertiary/aromatic N) is 1. The van der Waals surface area contributed by atoms with Gasteiger partial charge in [0.05, 0.1) is 13.2 Å². The molecule has 3 rings (SSSR count). The van der Waals surface area contributed by atoms with Gasteiger partial charge in [0.1, 0.15) is 5.70 Å². The molecule has 0 spiro atoms. The van der Waals surface area contributed by atoms with E-state index < -0.39 is 0 Å². The van der Waals surface area contributed by atoms with E-state index in [1.807, 2.05) is 29.6 Å². The first kappa shape index (κ1) is 20.3. The van der Waals surface area contributed by atoms with Crippen molar-refractivity contribution in [3.63, 3.8) is 0 Å². The number of hydrogen-bond acceptors (Lipinski definition) is 4. The predicted molar refractivity (Wildman–Crippen MR) is 112 cm³/mol. The summed E-state index contributed by atoms with van der Waals surface area (Å²) < 4.78 is 5.33. The lowest BCUT2D eigenvalue weighted by Gasteiger charge is -2.27. The summed E-state index contributed by atoms with van der Waals surface area (Å²) in [6.07, 6.45) is 1.74. The molecule has 5 nitrogen and oxygen atoms in total. The second kappa shape index (κ2) is 8.71. The van der Waals surface area contributed by atoms with Crippen molar-refractivity contribution in [2.75, 3.05) is 26.3 Å². The molecule has 0 aliphatic carbocycles. The van der Waals surface area contributed by atoms with Crippen LogP contribution in [0.4, 0.5) is 0 Å². The number of rotatable bonds is 4. The number of carbonyl (C=O) groups is 2. The van der Waals surface area contributed by atoms with E-state index >= 15 is 0 Å². The van der Waals surface area contributed by atoms with Crippen LogP contribution < -0.4 is 5.32 Å². The maximum Gasteiger partial charge on any atom is 0.270 e. The highest BCUT2D eigenvalue weighted by molar-refractivity contribution is 7.10. The molecule has 1 aromatic carbocycles. The second-order valence-corrected chi connectivity index (χ2v) is 8.74. The Bertz CT molecular complexity index is 843. The molecule has 0 bridgehead atoms. The molecule has 0 atom stereocenters. The summed E-state index contributed by atoms with van der Waals surface area (Å²) in [4.78, 5) is 28.4. The van der Waals surface area contributed by atoms with Crippen molar-refractivity contribution in [3.8, 4) is 0 Å². The first-order valence-electron chi connectivity index (χ1n) is 9.39. The maximum atomic E-state index is 13.0. The molecule has 0 saturated carbocycles. The van der Waals surface area contributed by atoms with Crippen LogP contribution in [0.2, 0.25) is 0 Å². The van der Waals surface area contributed by atoms with Crippen LogP contribution in [-0.2, 0) is 14.9 Å². The van der Waals surface area contributed by atoms with E-state index in [2.05, 4.69) is 26.1 Å². The molecule has 28 heavy (non-hydrogen) atoms. The smallest absolute Gasteiger partial charge is 0.270 e. The number of nitrogens with one attached hydrogen (secondary N) is 1. The van der Waals surface area contributed by atoms with Crippen LogP contribution >= 0.6 is 11.3 Å². The minimum Gasteiger partial charge on any atom is -0.378 e. The number of thiophene rings is 1. The number of carbonyl (C=O) groups excluding carboxylic acids is 2. The Kier molecular flexibility index (Phi) is 6.31. The number of benzene rings is 1. The van der Waals surface area contributed by atoms with E-state index in [0.717, 1.165) is 10.4 Å². The number of amides is 2. The van der Waals surface area contributed by atoms with Gasteiger partial charge in [0.25, 0.3) is 11.8 Å². The van der Waals surface area contributed by atoms with Crippen LogP contribution in [0.3, 0.4) is 0 Å². The summed E-state index contributed by atoms with van der Waals surface area (Å²) in [7, 11) is 0. The van der Waals surface area contributed by atoms with Gasteiger partial charge in [0.2, 0.25) is 0 Å². The minimum atomic E-state index is -0.287. The highest BCUT2D eigenvalue weighted by Gasteiger charge is 2.23. The molecular formula is C22H26N2O3S. The molecule has 1 aliphatic rings. The van der Waals surface area contributed by atoms with Crippen LogP contribution in [0, 0.1) is 0 Å². The Hall–Kier alpha value is -2.44. The molecular weight excluding hydrogens is 372 g/mol. The normalized spacial score (nSPS) is 15.4. The summed E-state index contributed by atoms with van der Waals surface area (Å²) in [5, 5.41) is 4.76. The molecule has 1 N–H and O–H groups in total. The molecule has 1 aliphatic heterocycles. The van der Waals surface area contributed by atoms with Crippen LogP contribution in [0.25, 0.3) is 6.08 Å². The highest BCUT2D eigenvalue weighted by atomic mass is 32.1. The fourth-order valence-electron chi connectivity index (χ4n) is 2.92. The van der Waals surface area contributed by atoms with Gasteiger partial charge in [-0.1, -0.05) is 39.0 Å². The molecule has 0 radical (unpaired) electrons. The third-order valence-corrected chi connectivity index (χ3v) is 5.44. The Morgan fingerprint density at radius 2 is 1.79 bits per heavy atom. The SMILES string of the molecule is CC(C)(C)c1ccc(C(=O)N/C(=C/c2cccs2)C(=O)N2CCOCC2)cc1. The quantitative estimate of drug-likeness (QED) is 0.800. The van der Waals surface area contributed by atoms with Crippen LogP contribution in [0.5, 0.6) is 0 Å². The Balaban J connectivity index is 1.80. The topological polar surface area (TPSA) is 58.6 Å². The van der Waals surface area contributed by atoms with Crippen LogP contribution in [-0.4, -0.2) is 43.0 Å². The van der Waals surface area contributed by atoms with Crippen LogP contribution in [0.1, 0.15) is 41.6 Å². The Morgan fingerprint density at radius 3 is 2.36 bits per heavy atom. The molecule has 0 unspecified atom stereocenters. The highest BCUT2D eigenvalue weighted by Crippen LogP contribution is 2.22. The summed E-state index contributed by atoms with van der Waals surface area (Å²) in [5.41, 5.74) is 1.99. The summed E-state index contributed by atoms with van der Waals surface area (Å²) in [6.45, 7) is 8.47. The van der Waals surface area contributed by atoms with Crippen molar-refractivity contribution in [3.05, 3.63) is 63.5 Å². The number of morpholine rings is 1. The van der Waals surface area contributed by atoms with Gasteiger partial charge in [-0.25, -0.2) is 0 Å². The average molecular weight is 399 g/mol. The van der Waals surface area contributed by atoms with Gasteiger partial charge in [-0.3, -0.25) is 9.59 Å². The zero-order valence-corrected chi connectivity index (χ0v) is 17.3. The zero-order valence-electron chi connectivity index (χ0n) is 16.5. The molecule has 1 fully saturated rings. The molecule has 1 aromatic heterocycles. The zero-order chi connectivity index (χ0) is 20.1. The predicted octanol–water partition coefficient (Wildman–Crippen LogP) is 3.68. The molecule has 148 valence electrons. The van der Waals surface area contributed by atoms with Crippen molar-refractivity contribution >= 4 is 29.2 Å². The van der Waals surface area contributed by atoms with Gasteiger partial charge in [-0.2, -0.15) is 0 Å². The molecule has 6 heteroatoms. The van der Waals surface area contributed by atoms with Gasteiger partial charge in [-0.05, 0) is 40.6 Å². The molecule has 2 aromatic rings. The molecule has 2 heterocycles. The summed E-state index contributed by atoms with van der Waals surface area (Å²) >= 11 is 1.52.